The molecule has 168 valence electrons. The Morgan fingerprint density at radius 3 is 1.50 bits per heavy atom. The first-order chi connectivity index (χ1) is 14.5. The topological polar surface area (TPSA) is 164 Å². The van der Waals surface area contributed by atoms with Crippen molar-refractivity contribution in [1.29, 1.82) is 0 Å². The highest BCUT2D eigenvalue weighted by Crippen LogP contribution is 2.22. The van der Waals surface area contributed by atoms with Crippen molar-refractivity contribution in [2.24, 2.45) is 22.9 Å². The number of hydrogen-bond donors (Lipinski definition) is 5. The van der Waals surface area contributed by atoms with E-state index in [1.54, 1.807) is 0 Å². The Morgan fingerprint density at radius 2 is 1.07 bits per heavy atom. The summed E-state index contributed by atoms with van der Waals surface area (Å²) in [5.41, 5.74) is 28.3. The summed E-state index contributed by atoms with van der Waals surface area (Å²) in [6, 6.07) is 0.0289. The second kappa shape index (κ2) is 9.56. The quantitative estimate of drug-likeness (QED) is 0.398. The molecule has 1 aromatic rings. The van der Waals surface area contributed by atoms with Crippen molar-refractivity contribution >= 4 is 17.8 Å². The fraction of sp³-hybridized carbons (Fsp3) is 0.842. The van der Waals surface area contributed by atoms with Crippen LogP contribution in [0.2, 0.25) is 0 Å². The van der Waals surface area contributed by atoms with Gasteiger partial charge in [-0.15, -0.1) is 0 Å². The number of rotatable bonds is 4. The molecule has 0 spiro atoms. The van der Waals surface area contributed by atoms with Gasteiger partial charge in [-0.1, -0.05) is 12.8 Å². The highest BCUT2D eigenvalue weighted by atomic mass is 15.5. The average molecular weight is 420 g/mol. The molecular weight excluding hydrogens is 382 g/mol. The van der Waals surface area contributed by atoms with E-state index >= 15 is 0 Å². The maximum absolute atomic E-state index is 6.21. The first-order valence-electron chi connectivity index (χ1n) is 11.3. The minimum absolute atomic E-state index is 0.00723. The molecule has 30 heavy (non-hydrogen) atoms. The van der Waals surface area contributed by atoms with E-state index in [4.69, 9.17) is 37.9 Å². The lowest BCUT2D eigenvalue weighted by Crippen LogP contribution is -2.54. The molecule has 3 aliphatic heterocycles. The van der Waals surface area contributed by atoms with Crippen LogP contribution in [-0.2, 0) is 0 Å². The molecule has 9 N–H and O–H groups in total. The van der Waals surface area contributed by atoms with Gasteiger partial charge in [0, 0.05) is 63.4 Å². The SMILES string of the molecule is N[C@@H]1C[C@H](N)CN(c2nc(NN3CCCCCC3)nc(N3C[C@H](N)C[C@H](N)C3)n2)C1. The predicted octanol–water partition coefficient (Wildman–Crippen LogP) is -1.20. The molecule has 1 aromatic heterocycles. The summed E-state index contributed by atoms with van der Waals surface area (Å²) in [6.07, 6.45) is 6.48. The highest BCUT2D eigenvalue weighted by Gasteiger charge is 2.29. The van der Waals surface area contributed by atoms with Crippen LogP contribution in [-0.4, -0.2) is 83.4 Å². The number of nitrogens with zero attached hydrogens (tertiary/aromatic N) is 6. The van der Waals surface area contributed by atoms with Crippen molar-refractivity contribution in [3.63, 3.8) is 0 Å². The number of aromatic nitrogens is 3. The van der Waals surface area contributed by atoms with Crippen LogP contribution < -0.4 is 38.2 Å². The number of hydrazine groups is 1. The molecule has 11 heteroatoms. The van der Waals surface area contributed by atoms with Crippen molar-refractivity contribution in [2.75, 3.05) is 54.5 Å². The lowest BCUT2D eigenvalue weighted by atomic mass is 10.0. The van der Waals surface area contributed by atoms with E-state index in [9.17, 15) is 0 Å². The zero-order chi connectivity index (χ0) is 21.1. The van der Waals surface area contributed by atoms with Gasteiger partial charge in [-0.25, -0.2) is 5.01 Å². The third-order valence-electron chi connectivity index (χ3n) is 6.07. The van der Waals surface area contributed by atoms with Gasteiger partial charge in [0.05, 0.1) is 0 Å². The number of anilines is 3. The van der Waals surface area contributed by atoms with Crippen LogP contribution in [0.15, 0.2) is 0 Å². The van der Waals surface area contributed by atoms with Crippen LogP contribution in [0.25, 0.3) is 0 Å². The maximum atomic E-state index is 6.21. The zero-order valence-electron chi connectivity index (χ0n) is 17.8. The minimum atomic E-state index is 0.00723. The molecule has 4 atom stereocenters. The molecular formula is C19H37N11. The van der Waals surface area contributed by atoms with Crippen LogP contribution in [0.5, 0.6) is 0 Å². The second-order valence-electron chi connectivity index (χ2n) is 9.09. The first-order valence-corrected chi connectivity index (χ1v) is 11.3. The lowest BCUT2D eigenvalue weighted by Gasteiger charge is -2.37. The second-order valence-corrected chi connectivity index (χ2v) is 9.09. The number of nitrogens with one attached hydrogen (secondary N) is 1. The van der Waals surface area contributed by atoms with Crippen molar-refractivity contribution in [3.8, 4) is 0 Å². The molecule has 0 aliphatic carbocycles. The van der Waals surface area contributed by atoms with Gasteiger partial charge in [-0.05, 0) is 25.7 Å². The van der Waals surface area contributed by atoms with Gasteiger partial charge in [0.25, 0.3) is 0 Å². The molecule has 3 aliphatic rings. The lowest BCUT2D eigenvalue weighted by molar-refractivity contribution is 0.340. The van der Waals surface area contributed by atoms with Gasteiger partial charge < -0.3 is 32.7 Å². The predicted molar refractivity (Wildman–Crippen MR) is 119 cm³/mol. The summed E-state index contributed by atoms with van der Waals surface area (Å²) < 4.78 is 0. The monoisotopic (exact) mass is 419 g/mol. The molecule has 4 rings (SSSR count). The van der Waals surface area contributed by atoms with Gasteiger partial charge >= 0.3 is 0 Å². The fourth-order valence-electron chi connectivity index (χ4n) is 4.69. The Labute approximate surface area is 178 Å². The average Bonchev–Trinajstić information content (AvgIpc) is 2.95. The molecule has 0 saturated carbocycles. The van der Waals surface area contributed by atoms with Crippen molar-refractivity contribution in [1.82, 2.24) is 20.0 Å². The summed E-state index contributed by atoms with van der Waals surface area (Å²) >= 11 is 0. The smallest absolute Gasteiger partial charge is 0.244 e. The van der Waals surface area contributed by atoms with E-state index in [0.717, 1.165) is 25.9 Å². The Bertz CT molecular complexity index is 629. The van der Waals surface area contributed by atoms with Crippen molar-refractivity contribution in [3.05, 3.63) is 0 Å². The van der Waals surface area contributed by atoms with Gasteiger partial charge in [0.15, 0.2) is 0 Å². The third kappa shape index (κ3) is 5.46. The fourth-order valence-corrected chi connectivity index (χ4v) is 4.69. The van der Waals surface area contributed by atoms with Crippen LogP contribution in [0.3, 0.4) is 0 Å². The third-order valence-corrected chi connectivity index (χ3v) is 6.07. The van der Waals surface area contributed by atoms with Crippen LogP contribution >= 0.6 is 0 Å². The number of hydrogen-bond acceptors (Lipinski definition) is 11. The number of piperidine rings is 2. The molecule has 0 aromatic carbocycles. The van der Waals surface area contributed by atoms with E-state index in [-0.39, 0.29) is 24.2 Å². The van der Waals surface area contributed by atoms with E-state index in [1.165, 1.54) is 25.7 Å². The van der Waals surface area contributed by atoms with E-state index in [1.807, 2.05) is 0 Å². The Kier molecular flexibility index (Phi) is 6.84. The summed E-state index contributed by atoms with van der Waals surface area (Å²) in [4.78, 5) is 18.4. The minimum Gasteiger partial charge on any atom is -0.338 e. The van der Waals surface area contributed by atoms with Crippen LogP contribution in [0.4, 0.5) is 17.8 Å². The zero-order valence-corrected chi connectivity index (χ0v) is 17.8. The molecule has 4 heterocycles. The van der Waals surface area contributed by atoms with Crippen LogP contribution in [0, 0.1) is 0 Å². The Morgan fingerprint density at radius 1 is 0.633 bits per heavy atom. The molecule has 0 unspecified atom stereocenters. The molecule has 3 fully saturated rings. The summed E-state index contributed by atoms with van der Waals surface area (Å²) in [5.74, 6) is 1.77. The highest BCUT2D eigenvalue weighted by molar-refractivity contribution is 5.46. The van der Waals surface area contributed by atoms with Crippen molar-refractivity contribution in [2.45, 2.75) is 62.7 Å². The summed E-state index contributed by atoms with van der Waals surface area (Å²) in [5, 5.41) is 2.21. The van der Waals surface area contributed by atoms with Gasteiger partial charge in [-0.2, -0.15) is 15.0 Å². The van der Waals surface area contributed by atoms with E-state index < -0.39 is 0 Å². The van der Waals surface area contributed by atoms with Gasteiger partial charge in [0.1, 0.15) is 0 Å². The standard InChI is InChI=1S/C19H37N11/c20-13-7-14(21)10-28(9-13)18-24-17(27-30-5-3-1-2-4-6-30)25-19(26-18)29-11-15(22)8-16(23)12-29/h13-16H,1-12,20-23H2,(H,24,25,26,27)/t13-,14+,15-,16+. The molecule has 0 amide bonds. The summed E-state index contributed by atoms with van der Waals surface area (Å²) in [6.45, 7) is 4.68. The molecule has 11 nitrogen and oxygen atoms in total. The Hall–Kier alpha value is -1.79. The summed E-state index contributed by atoms with van der Waals surface area (Å²) in [7, 11) is 0. The first kappa shape index (κ1) is 21.4. The Balaban J connectivity index is 1.61. The van der Waals surface area contributed by atoms with Gasteiger partial charge in [0.2, 0.25) is 17.8 Å². The molecule has 3 saturated heterocycles. The normalized spacial score (nSPS) is 31.5. The van der Waals surface area contributed by atoms with Gasteiger partial charge in [-0.3, -0.25) is 5.43 Å². The molecule has 0 bridgehead atoms. The van der Waals surface area contributed by atoms with Crippen LogP contribution in [0.1, 0.15) is 38.5 Å². The van der Waals surface area contributed by atoms with E-state index in [0.29, 0.717) is 44.0 Å². The van der Waals surface area contributed by atoms with E-state index in [2.05, 4.69) is 20.2 Å². The molecule has 0 radical (unpaired) electrons. The number of nitrogens with two attached hydrogens (primary N) is 4. The van der Waals surface area contributed by atoms with Crippen molar-refractivity contribution < 1.29 is 0 Å². The maximum Gasteiger partial charge on any atom is 0.244 e. The largest absolute Gasteiger partial charge is 0.338 e.